The Morgan fingerprint density at radius 2 is 2.10 bits per heavy atom. The number of nitrogens with zero attached hydrogens (tertiary/aromatic N) is 5. The summed E-state index contributed by atoms with van der Waals surface area (Å²) in [5.74, 6) is 0.134. The van der Waals surface area contributed by atoms with E-state index in [1.165, 1.54) is 10.9 Å². The van der Waals surface area contributed by atoms with E-state index in [0.29, 0.717) is 17.0 Å². The summed E-state index contributed by atoms with van der Waals surface area (Å²) in [5, 5.41) is 12.0. The lowest BCUT2D eigenvalue weighted by Crippen LogP contribution is -2.31. The van der Waals surface area contributed by atoms with Gasteiger partial charge in [0.2, 0.25) is 11.7 Å². The van der Waals surface area contributed by atoms with E-state index >= 15 is 0 Å². The first-order chi connectivity index (χ1) is 10.1. The quantitative estimate of drug-likeness (QED) is 0.857. The van der Waals surface area contributed by atoms with Gasteiger partial charge in [-0.3, -0.25) is 4.79 Å². The molecule has 2 aromatic rings. The summed E-state index contributed by atoms with van der Waals surface area (Å²) in [4.78, 5) is 15.1. The van der Waals surface area contributed by atoms with Gasteiger partial charge in [-0.05, 0) is 48.7 Å². The molecule has 0 bridgehead atoms. The molecule has 1 aromatic heterocycles. The molecular formula is C14H16FN5O. The monoisotopic (exact) mass is 289 g/mol. The van der Waals surface area contributed by atoms with E-state index < -0.39 is 0 Å². The maximum absolute atomic E-state index is 13.3. The molecule has 1 aliphatic heterocycles. The molecule has 1 aromatic carbocycles. The van der Waals surface area contributed by atoms with Gasteiger partial charge in [0.15, 0.2) is 0 Å². The third kappa shape index (κ3) is 2.91. The molecule has 0 aliphatic carbocycles. The molecule has 0 radical (unpaired) electrons. The molecule has 0 spiro atoms. The van der Waals surface area contributed by atoms with Crippen LogP contribution in [0.2, 0.25) is 0 Å². The van der Waals surface area contributed by atoms with Gasteiger partial charge in [0, 0.05) is 18.7 Å². The third-order valence-electron chi connectivity index (χ3n) is 3.60. The minimum absolute atomic E-state index is 0.00624. The van der Waals surface area contributed by atoms with Crippen molar-refractivity contribution in [1.82, 2.24) is 25.1 Å². The van der Waals surface area contributed by atoms with Crippen LogP contribution in [0.3, 0.4) is 0 Å². The molecule has 0 unspecified atom stereocenters. The second-order valence-electron chi connectivity index (χ2n) is 5.20. The molecule has 0 N–H and O–H groups in total. The van der Waals surface area contributed by atoms with Gasteiger partial charge in [-0.2, -0.15) is 4.80 Å². The van der Waals surface area contributed by atoms with E-state index in [1.807, 2.05) is 4.90 Å². The van der Waals surface area contributed by atoms with Gasteiger partial charge in [-0.25, -0.2) is 4.39 Å². The SMILES string of the molecule is Cc1cc(-c2nnn(CC(=O)N3CCCC3)n2)ccc1F. The summed E-state index contributed by atoms with van der Waals surface area (Å²) in [6.45, 7) is 3.38. The van der Waals surface area contributed by atoms with E-state index in [0.717, 1.165) is 25.9 Å². The molecule has 21 heavy (non-hydrogen) atoms. The first kappa shape index (κ1) is 13.7. The summed E-state index contributed by atoms with van der Waals surface area (Å²) in [5.41, 5.74) is 1.21. The Morgan fingerprint density at radius 1 is 1.33 bits per heavy atom. The van der Waals surface area contributed by atoms with Gasteiger partial charge in [0.1, 0.15) is 12.4 Å². The number of hydrogen-bond acceptors (Lipinski definition) is 4. The number of hydrogen-bond donors (Lipinski definition) is 0. The number of aromatic nitrogens is 4. The number of tetrazole rings is 1. The first-order valence-electron chi connectivity index (χ1n) is 6.95. The second-order valence-corrected chi connectivity index (χ2v) is 5.20. The van der Waals surface area contributed by atoms with Gasteiger partial charge in [0.25, 0.3) is 0 Å². The van der Waals surface area contributed by atoms with E-state index in [1.54, 1.807) is 19.1 Å². The zero-order valence-corrected chi connectivity index (χ0v) is 11.8. The highest BCUT2D eigenvalue weighted by molar-refractivity contribution is 5.76. The minimum Gasteiger partial charge on any atom is -0.341 e. The van der Waals surface area contributed by atoms with Crippen molar-refractivity contribution in [1.29, 1.82) is 0 Å². The number of rotatable bonds is 3. The van der Waals surface area contributed by atoms with E-state index in [2.05, 4.69) is 15.4 Å². The van der Waals surface area contributed by atoms with Crippen LogP contribution in [-0.2, 0) is 11.3 Å². The predicted octanol–water partition coefficient (Wildman–Crippen LogP) is 1.41. The number of aryl methyl sites for hydroxylation is 1. The van der Waals surface area contributed by atoms with Crippen molar-refractivity contribution in [3.05, 3.63) is 29.6 Å². The topological polar surface area (TPSA) is 63.9 Å². The number of amides is 1. The lowest BCUT2D eigenvalue weighted by Gasteiger charge is -2.13. The molecule has 1 saturated heterocycles. The number of halogens is 1. The highest BCUT2D eigenvalue weighted by Crippen LogP contribution is 2.17. The number of carbonyl (C=O) groups is 1. The zero-order chi connectivity index (χ0) is 14.8. The van der Waals surface area contributed by atoms with Crippen molar-refractivity contribution in [2.45, 2.75) is 26.3 Å². The van der Waals surface area contributed by atoms with E-state index in [9.17, 15) is 9.18 Å². The smallest absolute Gasteiger partial charge is 0.246 e. The Balaban J connectivity index is 1.73. The molecule has 3 rings (SSSR count). The number of likely N-dealkylation sites (tertiary alicyclic amines) is 1. The lowest BCUT2D eigenvalue weighted by atomic mass is 10.1. The maximum atomic E-state index is 13.3. The highest BCUT2D eigenvalue weighted by atomic mass is 19.1. The van der Waals surface area contributed by atoms with Crippen LogP contribution in [0, 0.1) is 12.7 Å². The number of carbonyl (C=O) groups excluding carboxylic acids is 1. The zero-order valence-electron chi connectivity index (χ0n) is 11.8. The van der Waals surface area contributed by atoms with E-state index in [-0.39, 0.29) is 18.3 Å². The van der Waals surface area contributed by atoms with Crippen LogP contribution in [0.1, 0.15) is 18.4 Å². The fraction of sp³-hybridized carbons (Fsp3) is 0.429. The van der Waals surface area contributed by atoms with Crippen LogP contribution < -0.4 is 0 Å². The molecule has 0 atom stereocenters. The van der Waals surface area contributed by atoms with Crippen molar-refractivity contribution in [3.63, 3.8) is 0 Å². The molecule has 1 aliphatic rings. The first-order valence-corrected chi connectivity index (χ1v) is 6.95. The normalized spacial score (nSPS) is 14.7. The third-order valence-corrected chi connectivity index (χ3v) is 3.60. The fourth-order valence-corrected chi connectivity index (χ4v) is 2.40. The van der Waals surface area contributed by atoms with Crippen LogP contribution in [0.25, 0.3) is 11.4 Å². The van der Waals surface area contributed by atoms with Crippen molar-refractivity contribution in [2.75, 3.05) is 13.1 Å². The van der Waals surface area contributed by atoms with Crippen LogP contribution in [0.15, 0.2) is 18.2 Å². The number of benzene rings is 1. The highest BCUT2D eigenvalue weighted by Gasteiger charge is 2.19. The molecule has 2 heterocycles. The minimum atomic E-state index is -0.268. The van der Waals surface area contributed by atoms with Crippen molar-refractivity contribution >= 4 is 5.91 Å². The molecule has 1 amide bonds. The average Bonchev–Trinajstić information content (AvgIpc) is 3.12. The summed E-state index contributed by atoms with van der Waals surface area (Å²) < 4.78 is 13.3. The van der Waals surface area contributed by atoms with Crippen molar-refractivity contribution < 1.29 is 9.18 Å². The Bertz CT molecular complexity index is 663. The van der Waals surface area contributed by atoms with Crippen molar-refractivity contribution in [3.8, 4) is 11.4 Å². The Hall–Kier alpha value is -2.31. The Morgan fingerprint density at radius 3 is 2.81 bits per heavy atom. The van der Waals surface area contributed by atoms with Crippen LogP contribution in [0.5, 0.6) is 0 Å². The van der Waals surface area contributed by atoms with Gasteiger partial charge < -0.3 is 4.90 Å². The Kier molecular flexibility index (Phi) is 3.64. The van der Waals surface area contributed by atoms with Gasteiger partial charge in [0.05, 0.1) is 0 Å². The van der Waals surface area contributed by atoms with Crippen LogP contribution >= 0.6 is 0 Å². The summed E-state index contributed by atoms with van der Waals surface area (Å²) in [6, 6.07) is 4.64. The standard InChI is InChI=1S/C14H16FN5O/c1-10-8-11(4-5-12(10)15)14-16-18-20(17-14)9-13(21)19-6-2-3-7-19/h4-5,8H,2-3,6-7,9H2,1H3. The molecule has 1 fully saturated rings. The summed E-state index contributed by atoms with van der Waals surface area (Å²) >= 11 is 0. The molecule has 6 nitrogen and oxygen atoms in total. The van der Waals surface area contributed by atoms with Gasteiger partial charge >= 0.3 is 0 Å². The van der Waals surface area contributed by atoms with Crippen molar-refractivity contribution in [2.24, 2.45) is 0 Å². The largest absolute Gasteiger partial charge is 0.341 e. The fourth-order valence-electron chi connectivity index (χ4n) is 2.40. The maximum Gasteiger partial charge on any atom is 0.246 e. The van der Waals surface area contributed by atoms with Gasteiger partial charge in [-0.15, -0.1) is 10.2 Å². The van der Waals surface area contributed by atoms with Crippen LogP contribution in [0.4, 0.5) is 4.39 Å². The predicted molar refractivity (Wildman–Crippen MR) is 73.8 cm³/mol. The lowest BCUT2D eigenvalue weighted by molar-refractivity contribution is -0.131. The van der Waals surface area contributed by atoms with Gasteiger partial charge in [-0.1, -0.05) is 0 Å². The Labute approximate surface area is 121 Å². The molecule has 0 saturated carbocycles. The summed E-state index contributed by atoms with van der Waals surface area (Å²) in [6.07, 6.45) is 2.10. The molecule has 110 valence electrons. The second kappa shape index (κ2) is 5.59. The molecular weight excluding hydrogens is 273 g/mol. The van der Waals surface area contributed by atoms with E-state index in [4.69, 9.17) is 0 Å². The molecule has 7 heteroatoms. The summed E-state index contributed by atoms with van der Waals surface area (Å²) in [7, 11) is 0. The van der Waals surface area contributed by atoms with Crippen LogP contribution in [-0.4, -0.2) is 44.1 Å². The average molecular weight is 289 g/mol.